The van der Waals surface area contributed by atoms with E-state index in [1.165, 1.54) is 4.90 Å². The predicted molar refractivity (Wildman–Crippen MR) is 65.4 cm³/mol. The van der Waals surface area contributed by atoms with E-state index in [4.69, 9.17) is 4.74 Å². The topological polar surface area (TPSA) is 46.6 Å². The summed E-state index contributed by atoms with van der Waals surface area (Å²) < 4.78 is 5.49. The highest BCUT2D eigenvalue weighted by atomic mass is 16.5. The van der Waals surface area contributed by atoms with E-state index in [2.05, 4.69) is 0 Å². The van der Waals surface area contributed by atoms with Crippen LogP contribution in [0.15, 0.2) is 18.2 Å². The van der Waals surface area contributed by atoms with Crippen molar-refractivity contribution >= 4 is 12.2 Å². The molecular weight excluding hydrogens is 218 g/mol. The molecule has 0 heterocycles. The van der Waals surface area contributed by atoms with Gasteiger partial charge < -0.3 is 9.64 Å². The standard InChI is InChI=1S/C13H17NO3/c1-9-5-6-12(11(7-9)8-15)17-10(2)13(16)14(3)4/h5-8,10H,1-4H3. The van der Waals surface area contributed by atoms with Crippen molar-refractivity contribution in [2.24, 2.45) is 0 Å². The molecule has 0 bridgehead atoms. The van der Waals surface area contributed by atoms with Crippen LogP contribution >= 0.6 is 0 Å². The lowest BCUT2D eigenvalue weighted by Crippen LogP contribution is -2.35. The second kappa shape index (κ2) is 5.48. The molecule has 92 valence electrons. The molecule has 17 heavy (non-hydrogen) atoms. The van der Waals surface area contributed by atoms with E-state index in [0.29, 0.717) is 11.3 Å². The largest absolute Gasteiger partial charge is 0.480 e. The fourth-order valence-electron chi connectivity index (χ4n) is 1.47. The average Bonchev–Trinajstić information content (AvgIpc) is 2.30. The maximum atomic E-state index is 11.6. The summed E-state index contributed by atoms with van der Waals surface area (Å²) in [6.45, 7) is 3.56. The van der Waals surface area contributed by atoms with Gasteiger partial charge in [0.1, 0.15) is 5.75 Å². The zero-order valence-electron chi connectivity index (χ0n) is 10.6. The molecule has 0 spiro atoms. The number of hydrogen-bond acceptors (Lipinski definition) is 3. The highest BCUT2D eigenvalue weighted by Gasteiger charge is 2.17. The zero-order chi connectivity index (χ0) is 13.0. The molecule has 1 atom stereocenters. The summed E-state index contributed by atoms with van der Waals surface area (Å²) in [6, 6.07) is 5.28. The van der Waals surface area contributed by atoms with Crippen LogP contribution < -0.4 is 4.74 Å². The van der Waals surface area contributed by atoms with Gasteiger partial charge in [-0.3, -0.25) is 9.59 Å². The number of benzene rings is 1. The number of nitrogens with zero attached hydrogens (tertiary/aromatic N) is 1. The average molecular weight is 235 g/mol. The van der Waals surface area contributed by atoms with Crippen molar-refractivity contribution in [2.45, 2.75) is 20.0 Å². The molecule has 1 aromatic rings. The molecule has 0 aliphatic rings. The number of rotatable bonds is 4. The van der Waals surface area contributed by atoms with Gasteiger partial charge in [0.05, 0.1) is 5.56 Å². The van der Waals surface area contributed by atoms with Crippen LogP contribution in [-0.4, -0.2) is 37.3 Å². The van der Waals surface area contributed by atoms with Gasteiger partial charge in [-0.05, 0) is 26.0 Å². The minimum Gasteiger partial charge on any atom is -0.480 e. The number of aryl methyl sites for hydroxylation is 1. The third kappa shape index (κ3) is 3.31. The van der Waals surface area contributed by atoms with Gasteiger partial charge in [0.25, 0.3) is 5.91 Å². The first-order chi connectivity index (χ1) is 7.95. The lowest BCUT2D eigenvalue weighted by Gasteiger charge is -2.19. The summed E-state index contributed by atoms with van der Waals surface area (Å²) in [4.78, 5) is 24.0. The Kier molecular flexibility index (Phi) is 4.26. The van der Waals surface area contributed by atoms with Crippen molar-refractivity contribution in [1.82, 2.24) is 4.90 Å². The molecule has 0 aromatic heterocycles. The lowest BCUT2D eigenvalue weighted by molar-refractivity contribution is -0.135. The first-order valence-corrected chi connectivity index (χ1v) is 5.39. The maximum Gasteiger partial charge on any atom is 0.262 e. The third-order valence-electron chi connectivity index (χ3n) is 2.38. The van der Waals surface area contributed by atoms with E-state index in [0.717, 1.165) is 11.8 Å². The van der Waals surface area contributed by atoms with E-state index < -0.39 is 6.10 Å². The summed E-state index contributed by atoms with van der Waals surface area (Å²) in [6.07, 6.45) is 0.126. The van der Waals surface area contributed by atoms with Gasteiger partial charge in [-0.25, -0.2) is 0 Å². The third-order valence-corrected chi connectivity index (χ3v) is 2.38. The van der Waals surface area contributed by atoms with Crippen molar-refractivity contribution in [3.8, 4) is 5.75 Å². The Morgan fingerprint density at radius 3 is 2.59 bits per heavy atom. The summed E-state index contributed by atoms with van der Waals surface area (Å²) in [7, 11) is 3.33. The van der Waals surface area contributed by atoms with Crippen molar-refractivity contribution in [3.05, 3.63) is 29.3 Å². The number of likely N-dealkylation sites (N-methyl/N-ethyl adjacent to an activating group) is 1. The van der Waals surface area contributed by atoms with E-state index >= 15 is 0 Å². The van der Waals surface area contributed by atoms with Gasteiger partial charge in [0.2, 0.25) is 0 Å². The molecule has 0 N–H and O–H groups in total. The first kappa shape index (κ1) is 13.2. The Bertz CT molecular complexity index is 427. The Balaban J connectivity index is 2.88. The van der Waals surface area contributed by atoms with Crippen molar-refractivity contribution < 1.29 is 14.3 Å². The highest BCUT2D eigenvalue weighted by Crippen LogP contribution is 2.19. The van der Waals surface area contributed by atoms with Crippen LogP contribution in [0.25, 0.3) is 0 Å². The van der Waals surface area contributed by atoms with Crippen LogP contribution in [0.5, 0.6) is 5.75 Å². The number of carbonyl (C=O) groups excluding carboxylic acids is 2. The Morgan fingerprint density at radius 2 is 2.06 bits per heavy atom. The van der Waals surface area contributed by atoms with Crippen LogP contribution in [0.2, 0.25) is 0 Å². The molecule has 0 radical (unpaired) electrons. The second-order valence-corrected chi connectivity index (χ2v) is 4.15. The van der Waals surface area contributed by atoms with Gasteiger partial charge >= 0.3 is 0 Å². The van der Waals surface area contributed by atoms with E-state index in [1.54, 1.807) is 33.2 Å². The van der Waals surface area contributed by atoms with Gasteiger partial charge in [-0.1, -0.05) is 11.6 Å². The van der Waals surface area contributed by atoms with Crippen LogP contribution in [-0.2, 0) is 4.79 Å². The molecule has 0 aliphatic carbocycles. The number of ether oxygens (including phenoxy) is 1. The fraction of sp³-hybridized carbons (Fsp3) is 0.385. The maximum absolute atomic E-state index is 11.6. The smallest absolute Gasteiger partial charge is 0.262 e. The van der Waals surface area contributed by atoms with Crippen LogP contribution in [0.3, 0.4) is 0 Å². The summed E-state index contributed by atoms with van der Waals surface area (Å²) in [5, 5.41) is 0. The number of carbonyl (C=O) groups is 2. The molecule has 1 aromatic carbocycles. The molecule has 4 nitrogen and oxygen atoms in total. The van der Waals surface area contributed by atoms with Crippen LogP contribution in [0.4, 0.5) is 0 Å². The minimum absolute atomic E-state index is 0.137. The van der Waals surface area contributed by atoms with Crippen LogP contribution in [0, 0.1) is 6.92 Å². The first-order valence-electron chi connectivity index (χ1n) is 5.39. The molecule has 0 fully saturated rings. The Labute approximate surface area is 101 Å². The Morgan fingerprint density at radius 1 is 1.41 bits per heavy atom. The number of aldehydes is 1. The molecule has 1 rings (SSSR count). The highest BCUT2D eigenvalue weighted by molar-refractivity contribution is 5.82. The van der Waals surface area contributed by atoms with Gasteiger partial charge in [-0.2, -0.15) is 0 Å². The molecule has 1 amide bonds. The number of amides is 1. The van der Waals surface area contributed by atoms with Crippen molar-refractivity contribution in [1.29, 1.82) is 0 Å². The van der Waals surface area contributed by atoms with E-state index in [9.17, 15) is 9.59 Å². The van der Waals surface area contributed by atoms with Gasteiger partial charge in [0.15, 0.2) is 12.4 Å². The summed E-state index contributed by atoms with van der Waals surface area (Å²) >= 11 is 0. The van der Waals surface area contributed by atoms with Crippen LogP contribution in [0.1, 0.15) is 22.8 Å². The molecule has 0 saturated carbocycles. The quantitative estimate of drug-likeness (QED) is 0.746. The molecule has 4 heteroatoms. The molecular formula is C13H17NO3. The van der Waals surface area contributed by atoms with Gasteiger partial charge in [0, 0.05) is 14.1 Å². The SMILES string of the molecule is Cc1ccc(OC(C)C(=O)N(C)C)c(C=O)c1. The fourth-order valence-corrected chi connectivity index (χ4v) is 1.47. The summed E-state index contributed by atoms with van der Waals surface area (Å²) in [5.41, 5.74) is 1.44. The molecule has 1 unspecified atom stereocenters. The van der Waals surface area contributed by atoms with E-state index in [-0.39, 0.29) is 5.91 Å². The van der Waals surface area contributed by atoms with Crippen molar-refractivity contribution in [3.63, 3.8) is 0 Å². The second-order valence-electron chi connectivity index (χ2n) is 4.15. The molecule has 0 aliphatic heterocycles. The molecule has 0 saturated heterocycles. The zero-order valence-corrected chi connectivity index (χ0v) is 10.6. The van der Waals surface area contributed by atoms with E-state index in [1.807, 2.05) is 13.0 Å². The van der Waals surface area contributed by atoms with Crippen molar-refractivity contribution in [2.75, 3.05) is 14.1 Å². The monoisotopic (exact) mass is 235 g/mol. The Hall–Kier alpha value is -1.84. The number of hydrogen-bond donors (Lipinski definition) is 0. The lowest BCUT2D eigenvalue weighted by atomic mass is 10.1. The van der Waals surface area contributed by atoms with Gasteiger partial charge in [-0.15, -0.1) is 0 Å². The minimum atomic E-state index is -0.605. The summed E-state index contributed by atoms with van der Waals surface area (Å²) in [5.74, 6) is 0.302. The predicted octanol–water partition coefficient (Wildman–Crippen LogP) is 1.66. The normalized spacial score (nSPS) is 11.8.